The average Bonchev–Trinajstić information content (AvgIpc) is 2.65. The predicted octanol–water partition coefficient (Wildman–Crippen LogP) is -0.369. The van der Waals surface area contributed by atoms with E-state index in [1.807, 2.05) is 0 Å². The Bertz CT molecular complexity index is 1040. The van der Waals surface area contributed by atoms with Crippen molar-refractivity contribution in [3.05, 3.63) is 53.6 Å². The van der Waals surface area contributed by atoms with Crippen molar-refractivity contribution in [2.75, 3.05) is 18.9 Å². The number of hydrogen-bond acceptors (Lipinski definition) is 8. The van der Waals surface area contributed by atoms with Crippen molar-refractivity contribution in [2.45, 2.75) is 4.90 Å². The molecule has 0 spiro atoms. The summed E-state index contributed by atoms with van der Waals surface area (Å²) in [7, 11) is -1.85. The van der Waals surface area contributed by atoms with E-state index in [9.17, 15) is 28.2 Å². The highest BCUT2D eigenvalue weighted by Gasteiger charge is 2.24. The molecule has 148 valence electrons. The number of carboxylic acid groups (broad SMARTS) is 2. The van der Waals surface area contributed by atoms with E-state index < -0.39 is 22.0 Å². The molecule has 10 heteroatoms. The smallest absolute Gasteiger partial charge is 0.265 e. The van der Waals surface area contributed by atoms with Gasteiger partial charge in [-0.15, -0.1) is 0 Å². The lowest BCUT2D eigenvalue weighted by Gasteiger charge is -2.17. The molecule has 0 bridgehead atoms. The summed E-state index contributed by atoms with van der Waals surface area (Å²) in [4.78, 5) is 21.4. The van der Waals surface area contributed by atoms with Gasteiger partial charge in [-0.3, -0.25) is 4.72 Å². The first-order chi connectivity index (χ1) is 13.2. The van der Waals surface area contributed by atoms with Crippen molar-refractivity contribution in [1.82, 2.24) is 0 Å². The Morgan fingerprint density at radius 2 is 1.75 bits per heavy atom. The molecule has 0 amide bonds. The topological polar surface area (TPSA) is 145 Å². The molecule has 0 aliphatic rings. The number of carbonyl (C=O) groups is 2. The molecule has 9 nitrogen and oxygen atoms in total. The Balaban J connectivity index is 2.62. The largest absolute Gasteiger partial charge is 0.545 e. The van der Waals surface area contributed by atoms with Crippen LogP contribution < -0.4 is 24.4 Å². The molecule has 0 saturated heterocycles. The first kappa shape index (κ1) is 20.8. The molecule has 0 atom stereocenters. The highest BCUT2D eigenvalue weighted by atomic mass is 32.2. The fourth-order valence-electron chi connectivity index (χ4n) is 2.36. The van der Waals surface area contributed by atoms with Crippen molar-refractivity contribution >= 4 is 33.7 Å². The molecule has 0 unspecified atom stereocenters. The van der Waals surface area contributed by atoms with E-state index in [2.05, 4.69) is 4.72 Å². The number of sulfonamides is 1. The molecular weight excluding hydrogens is 390 g/mol. The van der Waals surface area contributed by atoms with Crippen LogP contribution in [0.2, 0.25) is 0 Å². The molecule has 0 aromatic heterocycles. The molecule has 2 rings (SSSR count). The van der Waals surface area contributed by atoms with E-state index >= 15 is 0 Å². The monoisotopic (exact) mass is 405 g/mol. The van der Waals surface area contributed by atoms with Gasteiger partial charge in [0.25, 0.3) is 10.0 Å². The second-order valence-corrected chi connectivity index (χ2v) is 7.00. The van der Waals surface area contributed by atoms with E-state index in [4.69, 9.17) is 9.47 Å². The molecule has 1 N–H and O–H groups in total. The van der Waals surface area contributed by atoms with Gasteiger partial charge in [-0.05, 0) is 29.8 Å². The van der Waals surface area contributed by atoms with E-state index in [0.29, 0.717) is 0 Å². The fourth-order valence-corrected chi connectivity index (χ4v) is 3.66. The van der Waals surface area contributed by atoms with Gasteiger partial charge in [0.05, 0.1) is 31.8 Å². The van der Waals surface area contributed by atoms with Crippen LogP contribution >= 0.6 is 0 Å². The first-order valence-corrected chi connectivity index (χ1v) is 9.16. The summed E-state index contributed by atoms with van der Waals surface area (Å²) < 4.78 is 38.2. The predicted molar refractivity (Wildman–Crippen MR) is 95.2 cm³/mol. The minimum absolute atomic E-state index is 0.0246. The summed E-state index contributed by atoms with van der Waals surface area (Å²) in [6.45, 7) is 0. The molecule has 2 aromatic carbocycles. The number of carbonyl (C=O) groups excluding carboxylic acids is 2. The molecule has 0 heterocycles. The van der Waals surface area contributed by atoms with Gasteiger partial charge in [-0.25, -0.2) is 8.42 Å². The number of para-hydroxylation sites is 1. The molecular formula is C18H15NO8S-2. The third-order valence-electron chi connectivity index (χ3n) is 3.56. The zero-order valence-corrected chi connectivity index (χ0v) is 15.6. The first-order valence-electron chi connectivity index (χ1n) is 7.68. The standard InChI is InChI=1S/C18H17NO8S/c1-26-14-9-11(7-8-16(20)21)10-15(17(14)27-2)28(24,25)19-13-6-4-3-5-12(13)18(22)23/h3-10,19H,1-2H3,(H,20,21)(H,22,23)/p-2/b8-7-. The summed E-state index contributed by atoms with van der Waals surface area (Å²) in [6.07, 6.45) is 1.84. The number of rotatable bonds is 8. The molecule has 0 saturated carbocycles. The lowest BCUT2D eigenvalue weighted by molar-refractivity contribution is -0.297. The van der Waals surface area contributed by atoms with Crippen LogP contribution in [-0.4, -0.2) is 34.6 Å². The van der Waals surface area contributed by atoms with E-state index in [1.165, 1.54) is 44.6 Å². The fraction of sp³-hybridized carbons (Fsp3) is 0.111. The number of carboxylic acids is 2. The quantitative estimate of drug-likeness (QED) is 0.586. The van der Waals surface area contributed by atoms with Crippen LogP contribution in [0, 0.1) is 0 Å². The average molecular weight is 405 g/mol. The Labute approximate surface area is 160 Å². The summed E-state index contributed by atoms with van der Waals surface area (Å²) >= 11 is 0. The number of aromatic carboxylic acids is 1. The maximum absolute atomic E-state index is 12.9. The van der Waals surface area contributed by atoms with E-state index in [1.54, 1.807) is 0 Å². The zero-order chi connectivity index (χ0) is 20.9. The lowest BCUT2D eigenvalue weighted by Crippen LogP contribution is -2.25. The van der Waals surface area contributed by atoms with Crippen LogP contribution in [0.25, 0.3) is 6.08 Å². The Hall–Kier alpha value is -3.53. The van der Waals surface area contributed by atoms with Crippen molar-refractivity contribution in [1.29, 1.82) is 0 Å². The maximum atomic E-state index is 12.9. The normalized spacial score (nSPS) is 11.2. The maximum Gasteiger partial charge on any atom is 0.265 e. The molecule has 0 fully saturated rings. The second kappa shape index (κ2) is 8.44. The lowest BCUT2D eigenvalue weighted by atomic mass is 10.2. The number of anilines is 1. The summed E-state index contributed by atoms with van der Waals surface area (Å²) in [5.74, 6) is -3.16. The number of nitrogens with one attached hydrogen (secondary N) is 1. The SMILES string of the molecule is COc1cc(/C=C\C(=O)[O-])cc(S(=O)(=O)Nc2ccccc2C(=O)[O-])c1OC. The summed E-state index contributed by atoms with van der Waals surface area (Å²) in [5.41, 5.74) is -0.389. The Morgan fingerprint density at radius 3 is 2.32 bits per heavy atom. The Kier molecular flexibility index (Phi) is 6.26. The van der Waals surface area contributed by atoms with Crippen LogP contribution in [-0.2, 0) is 14.8 Å². The number of ether oxygens (including phenoxy) is 2. The zero-order valence-electron chi connectivity index (χ0n) is 14.8. The van der Waals surface area contributed by atoms with Crippen LogP contribution in [0.15, 0.2) is 47.4 Å². The molecule has 28 heavy (non-hydrogen) atoms. The summed E-state index contributed by atoms with van der Waals surface area (Å²) in [5, 5.41) is 21.8. The number of methoxy groups -OCH3 is 2. The minimum Gasteiger partial charge on any atom is -0.545 e. The van der Waals surface area contributed by atoms with Crippen molar-refractivity contribution in [3.8, 4) is 11.5 Å². The van der Waals surface area contributed by atoms with Gasteiger partial charge in [0.2, 0.25) is 0 Å². The Morgan fingerprint density at radius 1 is 1.07 bits per heavy atom. The minimum atomic E-state index is -4.35. The number of aliphatic carboxylic acids is 1. The van der Waals surface area contributed by atoms with Crippen LogP contribution in [0.3, 0.4) is 0 Å². The van der Waals surface area contributed by atoms with Crippen molar-refractivity contribution in [3.63, 3.8) is 0 Å². The van der Waals surface area contributed by atoms with Gasteiger partial charge < -0.3 is 29.3 Å². The number of benzene rings is 2. The third-order valence-corrected chi connectivity index (χ3v) is 4.93. The summed E-state index contributed by atoms with van der Waals surface area (Å²) in [6, 6.07) is 7.81. The van der Waals surface area contributed by atoms with Gasteiger partial charge in [0.15, 0.2) is 11.5 Å². The van der Waals surface area contributed by atoms with Crippen LogP contribution in [0.1, 0.15) is 15.9 Å². The van der Waals surface area contributed by atoms with Gasteiger partial charge in [-0.1, -0.05) is 24.3 Å². The second-order valence-electron chi connectivity index (χ2n) is 5.35. The third kappa shape index (κ3) is 4.60. The van der Waals surface area contributed by atoms with E-state index in [-0.39, 0.29) is 33.2 Å². The van der Waals surface area contributed by atoms with Crippen molar-refractivity contribution < 1.29 is 37.7 Å². The highest BCUT2D eigenvalue weighted by molar-refractivity contribution is 7.92. The molecule has 0 radical (unpaired) electrons. The number of hydrogen-bond donors (Lipinski definition) is 1. The van der Waals surface area contributed by atoms with Gasteiger partial charge in [0, 0.05) is 5.56 Å². The molecule has 2 aromatic rings. The van der Waals surface area contributed by atoms with Gasteiger partial charge in [0.1, 0.15) is 4.90 Å². The highest BCUT2D eigenvalue weighted by Crippen LogP contribution is 2.37. The molecule has 0 aliphatic carbocycles. The van der Waals surface area contributed by atoms with Gasteiger partial charge >= 0.3 is 0 Å². The van der Waals surface area contributed by atoms with Crippen molar-refractivity contribution in [2.24, 2.45) is 0 Å². The molecule has 0 aliphatic heterocycles. The van der Waals surface area contributed by atoms with Crippen LogP contribution in [0.4, 0.5) is 5.69 Å². The van der Waals surface area contributed by atoms with E-state index in [0.717, 1.165) is 18.2 Å². The van der Waals surface area contributed by atoms with Gasteiger partial charge in [-0.2, -0.15) is 0 Å². The van der Waals surface area contributed by atoms with Crippen LogP contribution in [0.5, 0.6) is 11.5 Å².